The van der Waals surface area contributed by atoms with Gasteiger partial charge in [0, 0.05) is 53.8 Å². The minimum absolute atomic E-state index is 0.00213. The summed E-state index contributed by atoms with van der Waals surface area (Å²) in [6, 6.07) is 20.3. The van der Waals surface area contributed by atoms with E-state index >= 15 is 0 Å². The second kappa shape index (κ2) is 12.3. The number of nitrogens with zero attached hydrogens (tertiary/aromatic N) is 3. The van der Waals surface area contributed by atoms with Crippen LogP contribution in [0.2, 0.25) is 0 Å². The molecule has 10 heteroatoms. The Bertz CT molecular complexity index is 1650. The van der Waals surface area contributed by atoms with Crippen LogP contribution in [0.1, 0.15) is 42.6 Å². The van der Waals surface area contributed by atoms with E-state index in [1.807, 2.05) is 56.3 Å². The molecule has 1 fully saturated rings. The maximum Gasteiger partial charge on any atom is 0.253 e. The number of anilines is 2. The fourth-order valence-electron chi connectivity index (χ4n) is 5.06. The van der Waals surface area contributed by atoms with Crippen LogP contribution >= 0.6 is 0 Å². The number of hydrogen-bond acceptors (Lipinski definition) is 7. The van der Waals surface area contributed by atoms with Crippen molar-refractivity contribution in [2.75, 3.05) is 31.6 Å². The molecule has 9 nitrogen and oxygen atoms in total. The summed E-state index contributed by atoms with van der Waals surface area (Å²) in [5.41, 5.74) is 3.28. The van der Waals surface area contributed by atoms with E-state index in [9.17, 15) is 13.2 Å². The number of aryl methyl sites for hydroxylation is 1. The second-order valence-electron chi connectivity index (χ2n) is 10.1. The smallest absolute Gasteiger partial charge is 0.253 e. The Kier molecular flexibility index (Phi) is 8.63. The Morgan fingerprint density at radius 1 is 1.00 bits per heavy atom. The first-order valence-electron chi connectivity index (χ1n) is 13.9. The second-order valence-corrected chi connectivity index (χ2v) is 11.8. The predicted molar refractivity (Wildman–Crippen MR) is 161 cm³/mol. The number of fused-ring (bicyclic) bond motifs is 1. The van der Waals surface area contributed by atoms with Crippen LogP contribution in [0.5, 0.6) is 0 Å². The van der Waals surface area contributed by atoms with Crippen molar-refractivity contribution in [3.8, 4) is 11.3 Å². The van der Waals surface area contributed by atoms with Gasteiger partial charge in [-0.25, -0.2) is 13.1 Å². The summed E-state index contributed by atoms with van der Waals surface area (Å²) in [7, 11) is -3.75. The van der Waals surface area contributed by atoms with Crippen molar-refractivity contribution in [3.63, 3.8) is 0 Å². The van der Waals surface area contributed by atoms with Crippen LogP contribution in [0, 0.1) is 6.92 Å². The molecule has 0 aliphatic carbocycles. The summed E-state index contributed by atoms with van der Waals surface area (Å²) in [6.45, 7) is 7.93. The number of nitrogens with one attached hydrogen (secondary N) is 2. The molecule has 1 amide bonds. The molecule has 5 rings (SSSR count). The molecule has 2 heterocycles. The van der Waals surface area contributed by atoms with E-state index in [1.54, 1.807) is 36.1 Å². The van der Waals surface area contributed by atoms with Gasteiger partial charge in [-0.15, -0.1) is 10.2 Å². The number of hydrogen-bond donors (Lipinski definition) is 2. The Hall–Kier alpha value is -3.86. The molecule has 0 radical (unpaired) electrons. The zero-order chi connectivity index (χ0) is 29.0. The first-order chi connectivity index (χ1) is 19.8. The van der Waals surface area contributed by atoms with Gasteiger partial charge in [-0.2, -0.15) is 0 Å². The van der Waals surface area contributed by atoms with Crippen LogP contribution in [0.25, 0.3) is 22.0 Å². The topological polar surface area (TPSA) is 114 Å². The quantitative estimate of drug-likeness (QED) is 0.265. The molecule has 1 aromatic heterocycles. The summed E-state index contributed by atoms with van der Waals surface area (Å²) in [4.78, 5) is 14.7. The van der Waals surface area contributed by atoms with Gasteiger partial charge >= 0.3 is 0 Å². The van der Waals surface area contributed by atoms with Crippen LogP contribution < -0.4 is 10.0 Å². The first-order valence-corrected chi connectivity index (χ1v) is 15.4. The zero-order valence-corrected chi connectivity index (χ0v) is 24.4. The fraction of sp³-hybridized carbons (Fsp3) is 0.323. The highest BCUT2D eigenvalue weighted by molar-refractivity contribution is 7.89. The van der Waals surface area contributed by atoms with Crippen molar-refractivity contribution in [2.45, 2.75) is 44.6 Å². The van der Waals surface area contributed by atoms with E-state index < -0.39 is 10.0 Å². The third-order valence-corrected chi connectivity index (χ3v) is 8.97. The third kappa shape index (κ3) is 6.24. The first kappa shape index (κ1) is 28.7. The number of carbonyl (C=O) groups excluding carboxylic acids is 1. The van der Waals surface area contributed by atoms with Gasteiger partial charge in [-0.05, 0) is 69.5 Å². The molecule has 0 saturated carbocycles. The molecule has 1 aliphatic heterocycles. The molecule has 3 aromatic carbocycles. The Morgan fingerprint density at radius 2 is 1.73 bits per heavy atom. The van der Waals surface area contributed by atoms with E-state index in [1.165, 1.54) is 0 Å². The van der Waals surface area contributed by atoms with Gasteiger partial charge in [0.2, 0.25) is 10.0 Å². The van der Waals surface area contributed by atoms with E-state index in [4.69, 9.17) is 4.74 Å². The Morgan fingerprint density at radius 3 is 2.41 bits per heavy atom. The van der Waals surface area contributed by atoms with Crippen LogP contribution in [0.3, 0.4) is 0 Å². The molecule has 1 aliphatic rings. The maximum absolute atomic E-state index is 13.2. The lowest BCUT2D eigenvalue weighted by Gasteiger charge is -2.18. The SMILES string of the molecule is CCN(CC)C(=O)c1ccc(Nc2nnc(-c3ccc(C)c(S(=O)(=O)NC[C@@H]4CCCO4)c3)c3ccccc23)cc1. The van der Waals surface area contributed by atoms with Crippen molar-refractivity contribution in [2.24, 2.45) is 0 Å². The molecule has 0 bridgehead atoms. The summed E-state index contributed by atoms with van der Waals surface area (Å²) < 4.78 is 34.7. The normalized spacial score (nSPS) is 15.2. The number of aromatic nitrogens is 2. The molecule has 214 valence electrons. The van der Waals surface area contributed by atoms with Crippen LogP contribution in [-0.2, 0) is 14.8 Å². The lowest BCUT2D eigenvalue weighted by molar-refractivity contribution is 0.0773. The molecule has 2 N–H and O–H groups in total. The molecular formula is C31H35N5O4S. The van der Waals surface area contributed by atoms with Gasteiger partial charge in [-0.3, -0.25) is 4.79 Å². The summed E-state index contributed by atoms with van der Waals surface area (Å²) in [5.74, 6) is 0.558. The highest BCUT2D eigenvalue weighted by Crippen LogP contribution is 2.33. The molecule has 4 aromatic rings. The zero-order valence-electron chi connectivity index (χ0n) is 23.6. The standard InChI is InChI=1S/C31H35N5O4S/c1-4-36(5-2)31(37)22-14-16-24(17-15-22)33-30-27-11-7-6-10-26(27)29(34-35-30)23-13-12-21(3)28(19-23)41(38,39)32-20-25-9-8-18-40-25/h6-7,10-17,19,25,32H,4-5,8-9,18,20H2,1-3H3,(H,33,35)/t25-/m0/s1. The van der Waals surface area contributed by atoms with Gasteiger partial charge in [0.05, 0.1) is 11.0 Å². The van der Waals surface area contributed by atoms with Crippen molar-refractivity contribution < 1.29 is 17.9 Å². The highest BCUT2D eigenvalue weighted by atomic mass is 32.2. The third-order valence-electron chi connectivity index (χ3n) is 7.41. The van der Waals surface area contributed by atoms with Crippen LogP contribution in [0.15, 0.2) is 71.6 Å². The van der Waals surface area contributed by atoms with Gasteiger partial charge in [0.1, 0.15) is 5.69 Å². The van der Waals surface area contributed by atoms with Crippen LogP contribution in [-0.4, -0.2) is 61.8 Å². The number of ether oxygens (including phenoxy) is 1. The predicted octanol–water partition coefficient (Wildman–Crippen LogP) is 5.29. The van der Waals surface area contributed by atoms with Crippen molar-refractivity contribution in [3.05, 3.63) is 77.9 Å². The average molecular weight is 574 g/mol. The summed E-state index contributed by atoms with van der Waals surface area (Å²) >= 11 is 0. The van der Waals surface area contributed by atoms with Gasteiger partial charge < -0.3 is 15.0 Å². The van der Waals surface area contributed by atoms with E-state index in [0.29, 0.717) is 47.9 Å². The van der Waals surface area contributed by atoms with Crippen molar-refractivity contribution in [1.82, 2.24) is 19.8 Å². The minimum Gasteiger partial charge on any atom is -0.377 e. The van der Waals surface area contributed by atoms with E-state index in [2.05, 4.69) is 20.2 Å². The Labute approximate surface area is 241 Å². The van der Waals surface area contributed by atoms with E-state index in [0.717, 1.165) is 29.3 Å². The van der Waals surface area contributed by atoms with E-state index in [-0.39, 0.29) is 23.5 Å². The molecule has 41 heavy (non-hydrogen) atoms. The molecule has 1 saturated heterocycles. The van der Waals surface area contributed by atoms with Crippen molar-refractivity contribution >= 4 is 38.2 Å². The number of amides is 1. The Balaban J connectivity index is 1.43. The fourth-order valence-corrected chi connectivity index (χ4v) is 6.39. The molecular weight excluding hydrogens is 538 g/mol. The summed E-state index contributed by atoms with van der Waals surface area (Å²) in [6.07, 6.45) is 1.70. The molecule has 1 atom stereocenters. The number of sulfonamides is 1. The molecule has 0 unspecified atom stereocenters. The lowest BCUT2D eigenvalue weighted by atomic mass is 10.0. The van der Waals surface area contributed by atoms with Crippen LogP contribution in [0.4, 0.5) is 11.5 Å². The van der Waals surface area contributed by atoms with Gasteiger partial charge in [-0.1, -0.05) is 36.4 Å². The van der Waals surface area contributed by atoms with Gasteiger partial charge in [0.25, 0.3) is 5.91 Å². The minimum atomic E-state index is -3.75. The monoisotopic (exact) mass is 573 g/mol. The highest BCUT2D eigenvalue weighted by Gasteiger charge is 2.23. The number of rotatable bonds is 10. The number of benzene rings is 3. The summed E-state index contributed by atoms with van der Waals surface area (Å²) in [5, 5.41) is 14.0. The average Bonchev–Trinajstić information content (AvgIpc) is 3.52. The molecule has 0 spiro atoms. The number of carbonyl (C=O) groups is 1. The van der Waals surface area contributed by atoms with Gasteiger partial charge in [0.15, 0.2) is 5.82 Å². The largest absolute Gasteiger partial charge is 0.377 e. The van der Waals surface area contributed by atoms with Crippen molar-refractivity contribution in [1.29, 1.82) is 0 Å². The lowest BCUT2D eigenvalue weighted by Crippen LogP contribution is -2.32. The maximum atomic E-state index is 13.2.